The van der Waals surface area contributed by atoms with Crippen molar-refractivity contribution in [3.05, 3.63) is 21.9 Å². The Morgan fingerprint density at radius 2 is 2.40 bits per heavy atom. The van der Waals surface area contributed by atoms with Crippen LogP contribution in [0.15, 0.2) is 16.7 Å². The number of anilines is 1. The number of hydrogen-bond acceptors (Lipinski definition) is 2. The SMILES string of the molecule is CCC(Nc1cc(Br)cnc1Cl)C1CC1. The van der Waals surface area contributed by atoms with Gasteiger partial charge < -0.3 is 5.32 Å². The first-order chi connectivity index (χ1) is 7.20. The molecule has 0 radical (unpaired) electrons. The molecule has 0 aliphatic heterocycles. The lowest BCUT2D eigenvalue weighted by Crippen LogP contribution is -2.21. The Hall–Kier alpha value is -0.280. The molecule has 1 aliphatic rings. The van der Waals surface area contributed by atoms with E-state index in [0.29, 0.717) is 11.2 Å². The van der Waals surface area contributed by atoms with Gasteiger partial charge in [0.2, 0.25) is 0 Å². The van der Waals surface area contributed by atoms with Crippen LogP contribution < -0.4 is 5.32 Å². The molecule has 0 bridgehead atoms. The number of aromatic nitrogens is 1. The van der Waals surface area contributed by atoms with Crippen LogP contribution in [-0.4, -0.2) is 11.0 Å². The van der Waals surface area contributed by atoms with Gasteiger partial charge in [0.15, 0.2) is 5.15 Å². The molecule has 0 saturated heterocycles. The average molecular weight is 290 g/mol. The highest BCUT2D eigenvalue weighted by molar-refractivity contribution is 9.10. The van der Waals surface area contributed by atoms with Gasteiger partial charge in [0.05, 0.1) is 5.69 Å². The fourth-order valence-electron chi connectivity index (χ4n) is 1.78. The van der Waals surface area contributed by atoms with E-state index >= 15 is 0 Å². The summed E-state index contributed by atoms with van der Waals surface area (Å²) in [4.78, 5) is 4.10. The Labute approximate surface area is 104 Å². The van der Waals surface area contributed by atoms with Gasteiger partial charge in [-0.15, -0.1) is 0 Å². The maximum Gasteiger partial charge on any atom is 0.152 e. The van der Waals surface area contributed by atoms with E-state index in [0.717, 1.165) is 22.5 Å². The zero-order valence-electron chi connectivity index (χ0n) is 8.63. The normalized spacial score (nSPS) is 17.5. The zero-order valence-corrected chi connectivity index (χ0v) is 11.0. The molecule has 1 aliphatic carbocycles. The third-order valence-corrected chi connectivity index (χ3v) is 3.51. The molecule has 15 heavy (non-hydrogen) atoms. The summed E-state index contributed by atoms with van der Waals surface area (Å²) < 4.78 is 0.958. The maximum absolute atomic E-state index is 6.03. The summed E-state index contributed by atoms with van der Waals surface area (Å²) in [6, 6.07) is 2.53. The molecule has 1 saturated carbocycles. The smallest absolute Gasteiger partial charge is 0.152 e. The molecule has 0 spiro atoms. The van der Waals surface area contributed by atoms with Crippen molar-refractivity contribution < 1.29 is 0 Å². The van der Waals surface area contributed by atoms with Crippen LogP contribution in [0.4, 0.5) is 5.69 Å². The van der Waals surface area contributed by atoms with E-state index in [1.807, 2.05) is 6.07 Å². The van der Waals surface area contributed by atoms with Crippen LogP contribution in [0.1, 0.15) is 26.2 Å². The predicted molar refractivity (Wildman–Crippen MR) is 67.4 cm³/mol. The molecular weight excluding hydrogens is 275 g/mol. The molecule has 0 aromatic carbocycles. The third kappa shape index (κ3) is 2.85. The molecule has 4 heteroatoms. The minimum absolute atomic E-state index is 0.540. The van der Waals surface area contributed by atoms with Crippen molar-refractivity contribution in [2.75, 3.05) is 5.32 Å². The van der Waals surface area contributed by atoms with Crippen LogP contribution in [-0.2, 0) is 0 Å². The molecule has 1 fully saturated rings. The van der Waals surface area contributed by atoms with E-state index in [9.17, 15) is 0 Å². The van der Waals surface area contributed by atoms with Crippen LogP contribution in [0.5, 0.6) is 0 Å². The van der Waals surface area contributed by atoms with Crippen molar-refractivity contribution in [2.24, 2.45) is 5.92 Å². The summed E-state index contributed by atoms with van der Waals surface area (Å²) >= 11 is 9.43. The van der Waals surface area contributed by atoms with Crippen LogP contribution >= 0.6 is 27.5 Å². The van der Waals surface area contributed by atoms with Crippen molar-refractivity contribution in [1.29, 1.82) is 0 Å². The molecule has 0 amide bonds. The second-order valence-corrected chi connectivity index (χ2v) is 5.26. The van der Waals surface area contributed by atoms with E-state index < -0.39 is 0 Å². The predicted octanol–water partition coefficient (Wildman–Crippen LogP) is 4.10. The van der Waals surface area contributed by atoms with Gasteiger partial charge in [0.25, 0.3) is 0 Å². The van der Waals surface area contributed by atoms with Gasteiger partial charge in [-0.1, -0.05) is 18.5 Å². The fourth-order valence-corrected chi connectivity index (χ4v) is 2.26. The minimum atomic E-state index is 0.540. The average Bonchev–Trinajstić information content (AvgIpc) is 3.03. The van der Waals surface area contributed by atoms with Gasteiger partial charge in [0, 0.05) is 16.7 Å². The molecule has 1 atom stereocenters. The largest absolute Gasteiger partial charge is 0.380 e. The number of nitrogens with zero attached hydrogens (tertiary/aromatic N) is 1. The first-order valence-electron chi connectivity index (χ1n) is 5.28. The first-order valence-corrected chi connectivity index (χ1v) is 6.45. The second kappa shape index (κ2) is 4.71. The van der Waals surface area contributed by atoms with Gasteiger partial charge >= 0.3 is 0 Å². The number of hydrogen-bond donors (Lipinski definition) is 1. The number of nitrogens with one attached hydrogen (secondary N) is 1. The van der Waals surface area contributed by atoms with Gasteiger partial charge in [0.1, 0.15) is 0 Å². The molecule has 1 heterocycles. The van der Waals surface area contributed by atoms with E-state index in [2.05, 4.69) is 33.2 Å². The summed E-state index contributed by atoms with van der Waals surface area (Å²) in [6.07, 6.45) is 5.52. The lowest BCUT2D eigenvalue weighted by Gasteiger charge is -2.18. The Bertz CT molecular complexity index is 352. The minimum Gasteiger partial charge on any atom is -0.380 e. The maximum atomic E-state index is 6.03. The molecule has 1 unspecified atom stereocenters. The summed E-state index contributed by atoms with van der Waals surface area (Å²) in [5, 5.41) is 4.03. The summed E-state index contributed by atoms with van der Waals surface area (Å²) in [5.41, 5.74) is 0.935. The number of pyridine rings is 1. The van der Waals surface area contributed by atoms with E-state index in [-0.39, 0.29) is 0 Å². The quantitative estimate of drug-likeness (QED) is 0.844. The molecule has 2 nitrogen and oxygen atoms in total. The Balaban J connectivity index is 2.11. The van der Waals surface area contributed by atoms with Crippen molar-refractivity contribution >= 4 is 33.2 Å². The Kier molecular flexibility index (Phi) is 3.52. The Morgan fingerprint density at radius 1 is 1.67 bits per heavy atom. The number of halogens is 2. The molecule has 1 aromatic heterocycles. The second-order valence-electron chi connectivity index (χ2n) is 3.99. The molecule has 1 N–H and O–H groups in total. The first kappa shape index (κ1) is 11.2. The topological polar surface area (TPSA) is 24.9 Å². The van der Waals surface area contributed by atoms with Gasteiger partial charge in [-0.05, 0) is 47.2 Å². The lowest BCUT2D eigenvalue weighted by atomic mass is 10.1. The number of rotatable bonds is 4. The van der Waals surface area contributed by atoms with Crippen molar-refractivity contribution in [2.45, 2.75) is 32.2 Å². The molecule has 1 aromatic rings. The Morgan fingerprint density at radius 3 is 3.00 bits per heavy atom. The summed E-state index contributed by atoms with van der Waals surface area (Å²) in [7, 11) is 0. The van der Waals surface area contributed by atoms with Crippen LogP contribution in [0.2, 0.25) is 5.15 Å². The van der Waals surface area contributed by atoms with Crippen LogP contribution in [0.25, 0.3) is 0 Å². The van der Waals surface area contributed by atoms with E-state index in [1.54, 1.807) is 6.20 Å². The van der Waals surface area contributed by atoms with E-state index in [4.69, 9.17) is 11.6 Å². The monoisotopic (exact) mass is 288 g/mol. The highest BCUT2D eigenvalue weighted by atomic mass is 79.9. The van der Waals surface area contributed by atoms with Gasteiger partial charge in [-0.3, -0.25) is 0 Å². The van der Waals surface area contributed by atoms with Gasteiger partial charge in [-0.25, -0.2) is 4.98 Å². The lowest BCUT2D eigenvalue weighted by molar-refractivity contribution is 0.616. The van der Waals surface area contributed by atoms with Crippen molar-refractivity contribution in [3.63, 3.8) is 0 Å². The zero-order chi connectivity index (χ0) is 10.8. The summed E-state index contributed by atoms with van der Waals surface area (Å²) in [6.45, 7) is 2.20. The highest BCUT2D eigenvalue weighted by Crippen LogP contribution is 2.36. The van der Waals surface area contributed by atoms with Crippen LogP contribution in [0.3, 0.4) is 0 Å². The van der Waals surface area contributed by atoms with Crippen molar-refractivity contribution in [3.8, 4) is 0 Å². The molecule has 2 rings (SSSR count). The summed E-state index contributed by atoms with van der Waals surface area (Å²) in [5.74, 6) is 0.824. The fraction of sp³-hybridized carbons (Fsp3) is 0.545. The third-order valence-electron chi connectivity index (χ3n) is 2.78. The molecular formula is C11H14BrClN2. The van der Waals surface area contributed by atoms with E-state index in [1.165, 1.54) is 12.8 Å². The molecule has 82 valence electrons. The highest BCUT2D eigenvalue weighted by Gasteiger charge is 2.30. The van der Waals surface area contributed by atoms with Crippen LogP contribution in [0, 0.1) is 5.92 Å². The van der Waals surface area contributed by atoms with Crippen molar-refractivity contribution in [1.82, 2.24) is 4.98 Å². The van der Waals surface area contributed by atoms with Gasteiger partial charge in [-0.2, -0.15) is 0 Å². The standard InChI is InChI=1S/C11H14BrClN2/c1-2-9(7-3-4-7)15-10-5-8(12)6-14-11(10)13/h5-7,9,15H,2-4H2,1H3.